The molecular formula is C18H26N2. The van der Waals surface area contributed by atoms with E-state index in [1.807, 2.05) is 18.2 Å². The van der Waals surface area contributed by atoms with Gasteiger partial charge in [-0.3, -0.25) is 4.90 Å². The van der Waals surface area contributed by atoms with Crippen molar-refractivity contribution in [2.75, 3.05) is 13.1 Å². The molecule has 108 valence electrons. The van der Waals surface area contributed by atoms with E-state index in [9.17, 15) is 5.26 Å². The Morgan fingerprint density at radius 2 is 1.80 bits per heavy atom. The molecular weight excluding hydrogens is 244 g/mol. The first-order valence-corrected chi connectivity index (χ1v) is 7.89. The molecule has 1 unspecified atom stereocenters. The molecule has 2 rings (SSSR count). The normalized spacial score (nSPS) is 17.6. The van der Waals surface area contributed by atoms with Gasteiger partial charge in [0.05, 0.1) is 12.0 Å². The summed E-state index contributed by atoms with van der Waals surface area (Å²) in [6.07, 6.45) is 5.31. The molecule has 0 saturated heterocycles. The predicted octanol–water partition coefficient (Wildman–Crippen LogP) is 4.19. The highest BCUT2D eigenvalue weighted by molar-refractivity contribution is 5.25. The van der Waals surface area contributed by atoms with E-state index >= 15 is 0 Å². The second-order valence-corrected chi connectivity index (χ2v) is 6.38. The molecule has 1 saturated carbocycles. The third-order valence-corrected chi connectivity index (χ3v) is 4.22. The van der Waals surface area contributed by atoms with Crippen LogP contribution in [0.15, 0.2) is 30.3 Å². The van der Waals surface area contributed by atoms with E-state index in [-0.39, 0.29) is 5.92 Å². The minimum absolute atomic E-state index is 0.00412. The van der Waals surface area contributed by atoms with E-state index in [0.29, 0.717) is 12.0 Å². The lowest BCUT2D eigenvalue weighted by Crippen LogP contribution is -2.39. The number of nitrogens with zero attached hydrogens (tertiary/aromatic N) is 2. The second-order valence-electron chi connectivity index (χ2n) is 6.38. The average Bonchev–Trinajstić information content (AvgIpc) is 2.98. The van der Waals surface area contributed by atoms with E-state index < -0.39 is 0 Å². The molecule has 0 bridgehead atoms. The van der Waals surface area contributed by atoms with Gasteiger partial charge in [0.1, 0.15) is 0 Å². The van der Waals surface area contributed by atoms with Crippen molar-refractivity contribution in [2.24, 2.45) is 5.92 Å². The molecule has 0 N–H and O–H groups in total. The maximum atomic E-state index is 9.53. The fraction of sp³-hybridized carbons (Fsp3) is 0.611. The highest BCUT2D eigenvalue weighted by Crippen LogP contribution is 2.27. The van der Waals surface area contributed by atoms with Gasteiger partial charge in [-0.2, -0.15) is 5.26 Å². The summed E-state index contributed by atoms with van der Waals surface area (Å²) < 4.78 is 0. The first-order chi connectivity index (χ1) is 9.70. The molecule has 1 aliphatic rings. The summed E-state index contributed by atoms with van der Waals surface area (Å²) in [5.74, 6) is 0.654. The van der Waals surface area contributed by atoms with E-state index in [2.05, 4.69) is 36.9 Å². The van der Waals surface area contributed by atoms with Gasteiger partial charge in [-0.05, 0) is 24.3 Å². The molecule has 0 aliphatic heterocycles. The number of nitriles is 1. The topological polar surface area (TPSA) is 27.0 Å². The average molecular weight is 270 g/mol. The van der Waals surface area contributed by atoms with Gasteiger partial charge in [0.25, 0.3) is 0 Å². The van der Waals surface area contributed by atoms with Crippen molar-refractivity contribution in [2.45, 2.75) is 51.5 Å². The fourth-order valence-corrected chi connectivity index (χ4v) is 3.25. The number of hydrogen-bond donors (Lipinski definition) is 0. The molecule has 20 heavy (non-hydrogen) atoms. The van der Waals surface area contributed by atoms with Crippen LogP contribution in [-0.4, -0.2) is 24.0 Å². The molecule has 0 amide bonds. The highest BCUT2D eigenvalue weighted by atomic mass is 15.2. The summed E-state index contributed by atoms with van der Waals surface area (Å²) in [4.78, 5) is 2.57. The Labute approximate surface area is 123 Å². The Hall–Kier alpha value is -1.33. The van der Waals surface area contributed by atoms with Crippen molar-refractivity contribution in [1.29, 1.82) is 5.26 Å². The SMILES string of the molecule is CC(C)CN(CC(C#N)c1ccccc1)C1CCCC1. The first kappa shape index (κ1) is 15.1. The molecule has 0 heterocycles. The van der Waals surface area contributed by atoms with Gasteiger partial charge in [-0.15, -0.1) is 0 Å². The van der Waals surface area contributed by atoms with Crippen LogP contribution in [0.3, 0.4) is 0 Å². The van der Waals surface area contributed by atoms with Crippen LogP contribution in [0.4, 0.5) is 0 Å². The zero-order valence-corrected chi connectivity index (χ0v) is 12.8. The van der Waals surface area contributed by atoms with Crippen molar-refractivity contribution in [3.05, 3.63) is 35.9 Å². The van der Waals surface area contributed by atoms with Crippen LogP contribution in [-0.2, 0) is 0 Å². The summed E-state index contributed by atoms with van der Waals surface area (Å²) in [5, 5.41) is 9.53. The molecule has 1 aliphatic carbocycles. The number of benzene rings is 1. The Kier molecular flexibility index (Phi) is 5.61. The van der Waals surface area contributed by atoms with Crippen LogP contribution in [0.2, 0.25) is 0 Å². The maximum Gasteiger partial charge on any atom is 0.0839 e. The van der Waals surface area contributed by atoms with Gasteiger partial charge >= 0.3 is 0 Å². The molecule has 2 nitrogen and oxygen atoms in total. The maximum absolute atomic E-state index is 9.53. The molecule has 1 atom stereocenters. The van der Waals surface area contributed by atoms with E-state index in [0.717, 1.165) is 18.7 Å². The van der Waals surface area contributed by atoms with Gasteiger partial charge in [-0.1, -0.05) is 57.0 Å². The van der Waals surface area contributed by atoms with Crippen molar-refractivity contribution in [1.82, 2.24) is 4.90 Å². The van der Waals surface area contributed by atoms with Gasteiger partial charge in [0.15, 0.2) is 0 Å². The molecule has 1 aromatic carbocycles. The van der Waals surface area contributed by atoms with Crippen LogP contribution in [0.25, 0.3) is 0 Å². The Morgan fingerprint density at radius 3 is 2.35 bits per heavy atom. The Morgan fingerprint density at radius 1 is 1.15 bits per heavy atom. The summed E-state index contributed by atoms with van der Waals surface area (Å²) in [6.45, 7) is 6.52. The largest absolute Gasteiger partial charge is 0.298 e. The van der Waals surface area contributed by atoms with Crippen molar-refractivity contribution in [3.8, 4) is 6.07 Å². The van der Waals surface area contributed by atoms with E-state index in [4.69, 9.17) is 0 Å². The van der Waals surface area contributed by atoms with E-state index in [1.54, 1.807) is 0 Å². The summed E-state index contributed by atoms with van der Waals surface area (Å²) >= 11 is 0. The molecule has 0 spiro atoms. The molecule has 1 fully saturated rings. The third kappa shape index (κ3) is 4.08. The predicted molar refractivity (Wildman–Crippen MR) is 83.5 cm³/mol. The van der Waals surface area contributed by atoms with Crippen LogP contribution >= 0.6 is 0 Å². The van der Waals surface area contributed by atoms with Crippen molar-refractivity contribution < 1.29 is 0 Å². The lowest BCUT2D eigenvalue weighted by Gasteiger charge is -2.32. The number of rotatable bonds is 6. The fourth-order valence-electron chi connectivity index (χ4n) is 3.25. The molecule has 0 aromatic heterocycles. The zero-order valence-electron chi connectivity index (χ0n) is 12.8. The molecule has 0 radical (unpaired) electrons. The molecule has 2 heteroatoms. The van der Waals surface area contributed by atoms with Gasteiger partial charge in [0.2, 0.25) is 0 Å². The Bertz CT molecular complexity index is 426. The standard InChI is InChI=1S/C18H26N2/c1-15(2)13-20(18-10-6-7-11-18)14-17(12-19)16-8-4-3-5-9-16/h3-5,8-9,15,17-18H,6-7,10-11,13-14H2,1-2H3. The molecule has 1 aromatic rings. The smallest absolute Gasteiger partial charge is 0.0839 e. The zero-order chi connectivity index (χ0) is 14.4. The lowest BCUT2D eigenvalue weighted by atomic mass is 9.98. The van der Waals surface area contributed by atoms with Gasteiger partial charge < -0.3 is 0 Å². The minimum atomic E-state index is -0.00412. The van der Waals surface area contributed by atoms with Crippen LogP contribution < -0.4 is 0 Å². The Balaban J connectivity index is 2.07. The van der Waals surface area contributed by atoms with Crippen LogP contribution in [0.5, 0.6) is 0 Å². The second kappa shape index (κ2) is 7.45. The minimum Gasteiger partial charge on any atom is -0.298 e. The lowest BCUT2D eigenvalue weighted by molar-refractivity contribution is 0.174. The summed E-state index contributed by atoms with van der Waals surface area (Å²) in [6, 6.07) is 13.4. The van der Waals surface area contributed by atoms with E-state index in [1.165, 1.54) is 25.7 Å². The van der Waals surface area contributed by atoms with Crippen LogP contribution in [0.1, 0.15) is 51.0 Å². The van der Waals surface area contributed by atoms with Gasteiger partial charge in [-0.25, -0.2) is 0 Å². The summed E-state index contributed by atoms with van der Waals surface area (Å²) in [5.41, 5.74) is 1.15. The van der Waals surface area contributed by atoms with Crippen molar-refractivity contribution in [3.63, 3.8) is 0 Å². The highest BCUT2D eigenvalue weighted by Gasteiger charge is 2.26. The van der Waals surface area contributed by atoms with Crippen LogP contribution in [0, 0.1) is 17.2 Å². The van der Waals surface area contributed by atoms with Gasteiger partial charge in [0, 0.05) is 19.1 Å². The number of hydrogen-bond acceptors (Lipinski definition) is 2. The summed E-state index contributed by atoms with van der Waals surface area (Å²) in [7, 11) is 0. The third-order valence-electron chi connectivity index (χ3n) is 4.22. The first-order valence-electron chi connectivity index (χ1n) is 7.89. The quantitative estimate of drug-likeness (QED) is 0.775. The van der Waals surface area contributed by atoms with Crippen molar-refractivity contribution >= 4 is 0 Å². The monoisotopic (exact) mass is 270 g/mol.